The number of hydrogen-bond acceptors (Lipinski definition) is 2. The van der Waals surface area contributed by atoms with Crippen molar-refractivity contribution in [2.24, 2.45) is 11.8 Å². The van der Waals surface area contributed by atoms with Gasteiger partial charge in [-0.15, -0.1) is 0 Å². The van der Waals surface area contributed by atoms with Crippen LogP contribution in [-0.4, -0.2) is 29.8 Å². The fraction of sp³-hybridized carbons (Fsp3) is 0.929. The van der Waals surface area contributed by atoms with E-state index in [0.717, 1.165) is 37.8 Å². The lowest BCUT2D eigenvalue weighted by Crippen LogP contribution is -2.38. The van der Waals surface area contributed by atoms with Crippen molar-refractivity contribution in [1.29, 1.82) is 0 Å². The van der Waals surface area contributed by atoms with Crippen molar-refractivity contribution in [3.8, 4) is 0 Å². The third-order valence-corrected chi connectivity index (χ3v) is 4.91. The Labute approximate surface area is 98.4 Å². The molecule has 1 saturated heterocycles. The average Bonchev–Trinajstić information content (AvgIpc) is 2.83. The van der Waals surface area contributed by atoms with Crippen LogP contribution in [0.15, 0.2) is 0 Å². The maximum Gasteiger partial charge on any atom is 0.137 e. The largest absolute Gasteiger partial charge is 0.299 e. The van der Waals surface area contributed by atoms with Gasteiger partial charge in [-0.25, -0.2) is 0 Å². The predicted molar refractivity (Wildman–Crippen MR) is 64.3 cm³/mol. The quantitative estimate of drug-likeness (QED) is 0.668. The molecular weight excluding hydrogens is 198 g/mol. The third kappa shape index (κ3) is 2.04. The highest BCUT2D eigenvalue weighted by molar-refractivity contribution is 5.81. The molecule has 1 heterocycles. The van der Waals surface area contributed by atoms with Crippen LogP contribution >= 0.6 is 0 Å². The molecule has 16 heavy (non-hydrogen) atoms. The molecule has 0 aromatic carbocycles. The molecule has 2 nitrogen and oxygen atoms in total. The first-order chi connectivity index (χ1) is 7.83. The molecule has 2 heteroatoms. The van der Waals surface area contributed by atoms with Crippen LogP contribution in [0.4, 0.5) is 0 Å². The third-order valence-electron chi connectivity index (χ3n) is 4.91. The van der Waals surface area contributed by atoms with Crippen LogP contribution in [0.3, 0.4) is 0 Å². The Kier molecular flexibility index (Phi) is 3.01. The Hall–Kier alpha value is -0.370. The van der Waals surface area contributed by atoms with Crippen LogP contribution in [0.2, 0.25) is 0 Å². The molecule has 90 valence electrons. The van der Waals surface area contributed by atoms with Crippen molar-refractivity contribution >= 4 is 5.78 Å². The van der Waals surface area contributed by atoms with Crippen molar-refractivity contribution in [1.82, 2.24) is 4.90 Å². The van der Waals surface area contributed by atoms with Gasteiger partial charge in [0.15, 0.2) is 0 Å². The molecule has 3 aliphatic rings. The normalized spacial score (nSPS) is 40.2. The molecular formula is C14H23NO. The Morgan fingerprint density at radius 3 is 2.81 bits per heavy atom. The lowest BCUT2D eigenvalue weighted by Gasteiger charge is -2.29. The highest BCUT2D eigenvalue weighted by Gasteiger charge is 2.39. The summed E-state index contributed by atoms with van der Waals surface area (Å²) in [7, 11) is 0. The summed E-state index contributed by atoms with van der Waals surface area (Å²) in [5.74, 6) is 1.90. The highest BCUT2D eigenvalue weighted by Crippen LogP contribution is 2.38. The van der Waals surface area contributed by atoms with Crippen LogP contribution in [0.1, 0.15) is 51.4 Å². The number of fused-ring (bicyclic) bond motifs is 2. The molecule has 0 amide bonds. The zero-order valence-electron chi connectivity index (χ0n) is 10.2. The van der Waals surface area contributed by atoms with Gasteiger partial charge in [0, 0.05) is 31.5 Å². The molecule has 0 spiro atoms. The Bertz CT molecular complexity index is 276. The van der Waals surface area contributed by atoms with Crippen molar-refractivity contribution in [2.45, 2.75) is 57.4 Å². The molecule has 3 atom stereocenters. The molecule has 1 aliphatic heterocycles. The molecule has 2 saturated carbocycles. The number of rotatable bonds is 2. The summed E-state index contributed by atoms with van der Waals surface area (Å²) in [5.41, 5.74) is 0. The van der Waals surface area contributed by atoms with E-state index in [0.29, 0.717) is 11.7 Å². The van der Waals surface area contributed by atoms with Crippen LogP contribution in [0.25, 0.3) is 0 Å². The summed E-state index contributed by atoms with van der Waals surface area (Å²) in [6, 6.07) is 0.834. The molecule has 3 unspecified atom stereocenters. The van der Waals surface area contributed by atoms with E-state index in [1.807, 2.05) is 0 Å². The van der Waals surface area contributed by atoms with E-state index >= 15 is 0 Å². The van der Waals surface area contributed by atoms with Gasteiger partial charge in [0.2, 0.25) is 0 Å². The smallest absolute Gasteiger partial charge is 0.137 e. The van der Waals surface area contributed by atoms with Crippen LogP contribution in [0, 0.1) is 11.8 Å². The van der Waals surface area contributed by atoms with Crippen LogP contribution in [0.5, 0.6) is 0 Å². The second kappa shape index (κ2) is 4.48. The Balaban J connectivity index is 1.58. The molecule has 3 rings (SSSR count). The highest BCUT2D eigenvalue weighted by atomic mass is 16.1. The van der Waals surface area contributed by atoms with Crippen LogP contribution < -0.4 is 0 Å². The van der Waals surface area contributed by atoms with Crippen LogP contribution in [-0.2, 0) is 4.79 Å². The number of likely N-dealkylation sites (tertiary alicyclic amines) is 1. The standard InChI is InChI=1S/C14H23NO/c16-14-5-3-1-2-4-12(14)10-15-9-11-6-7-13(15)8-11/h11-13H,1-10H2. The lowest BCUT2D eigenvalue weighted by molar-refractivity contribution is -0.123. The van der Waals surface area contributed by atoms with Gasteiger partial charge in [-0.2, -0.15) is 0 Å². The zero-order chi connectivity index (χ0) is 11.0. The van der Waals surface area contributed by atoms with Gasteiger partial charge in [0.05, 0.1) is 0 Å². The maximum absolute atomic E-state index is 12.0. The van der Waals surface area contributed by atoms with E-state index in [9.17, 15) is 4.79 Å². The summed E-state index contributed by atoms with van der Waals surface area (Å²) in [6.45, 7) is 2.37. The number of Topliss-reactive ketones (excluding diaryl/α,β-unsaturated/α-hetero) is 1. The van der Waals surface area contributed by atoms with E-state index in [1.54, 1.807) is 0 Å². The van der Waals surface area contributed by atoms with Gasteiger partial charge in [0.1, 0.15) is 5.78 Å². The van der Waals surface area contributed by atoms with E-state index in [2.05, 4.69) is 4.90 Å². The first-order valence-corrected chi connectivity index (χ1v) is 7.09. The Morgan fingerprint density at radius 2 is 2.06 bits per heavy atom. The van der Waals surface area contributed by atoms with Gasteiger partial charge < -0.3 is 0 Å². The topological polar surface area (TPSA) is 20.3 Å². The first kappa shape index (κ1) is 10.8. The lowest BCUT2D eigenvalue weighted by atomic mass is 9.97. The average molecular weight is 221 g/mol. The second-order valence-corrected chi connectivity index (χ2v) is 6.05. The van der Waals surface area contributed by atoms with Crippen molar-refractivity contribution in [3.63, 3.8) is 0 Å². The molecule has 2 aliphatic carbocycles. The predicted octanol–water partition coefficient (Wildman–Crippen LogP) is 2.62. The van der Waals surface area contributed by atoms with Gasteiger partial charge >= 0.3 is 0 Å². The van der Waals surface area contributed by atoms with Crippen molar-refractivity contribution < 1.29 is 4.79 Å². The first-order valence-electron chi connectivity index (χ1n) is 7.09. The van der Waals surface area contributed by atoms with E-state index < -0.39 is 0 Å². The molecule has 3 fully saturated rings. The van der Waals surface area contributed by atoms with Gasteiger partial charge in [-0.05, 0) is 38.0 Å². The number of carbonyl (C=O) groups is 1. The maximum atomic E-state index is 12.0. The van der Waals surface area contributed by atoms with E-state index in [1.165, 1.54) is 38.6 Å². The minimum atomic E-state index is 0.377. The number of nitrogens with zero attached hydrogens (tertiary/aromatic N) is 1. The number of ketones is 1. The van der Waals surface area contributed by atoms with Crippen molar-refractivity contribution in [3.05, 3.63) is 0 Å². The van der Waals surface area contributed by atoms with E-state index in [-0.39, 0.29) is 0 Å². The summed E-state index contributed by atoms with van der Waals surface area (Å²) < 4.78 is 0. The summed E-state index contributed by atoms with van der Waals surface area (Å²) in [5, 5.41) is 0. The number of carbonyl (C=O) groups excluding carboxylic acids is 1. The van der Waals surface area contributed by atoms with Crippen molar-refractivity contribution in [2.75, 3.05) is 13.1 Å². The molecule has 0 radical (unpaired) electrons. The fourth-order valence-corrected chi connectivity index (χ4v) is 3.96. The monoisotopic (exact) mass is 221 g/mol. The number of hydrogen-bond donors (Lipinski definition) is 0. The minimum absolute atomic E-state index is 0.377. The number of piperidine rings is 1. The fourth-order valence-electron chi connectivity index (χ4n) is 3.96. The van der Waals surface area contributed by atoms with Gasteiger partial charge in [-0.3, -0.25) is 9.69 Å². The molecule has 0 N–H and O–H groups in total. The second-order valence-electron chi connectivity index (χ2n) is 6.05. The van der Waals surface area contributed by atoms with Gasteiger partial charge in [0.25, 0.3) is 0 Å². The zero-order valence-corrected chi connectivity index (χ0v) is 10.2. The molecule has 0 aromatic heterocycles. The summed E-state index contributed by atoms with van der Waals surface area (Å²) in [6.07, 6.45) is 9.96. The Morgan fingerprint density at radius 1 is 1.12 bits per heavy atom. The summed E-state index contributed by atoms with van der Waals surface area (Å²) >= 11 is 0. The summed E-state index contributed by atoms with van der Waals surface area (Å²) in [4.78, 5) is 14.6. The SMILES string of the molecule is O=C1CCCCCC1CN1CC2CCC1C2. The van der Waals surface area contributed by atoms with Gasteiger partial charge in [-0.1, -0.05) is 12.8 Å². The van der Waals surface area contributed by atoms with E-state index in [4.69, 9.17) is 0 Å². The molecule has 0 aromatic rings. The minimum Gasteiger partial charge on any atom is -0.299 e. The molecule has 2 bridgehead atoms.